The number of aliphatic hydroxyl groups excluding tert-OH is 2. The molecule has 104 valence electrons. The van der Waals surface area contributed by atoms with Crippen molar-refractivity contribution < 1.29 is 10.2 Å². The van der Waals surface area contributed by atoms with Crippen molar-refractivity contribution in [3.8, 4) is 0 Å². The van der Waals surface area contributed by atoms with Crippen molar-refractivity contribution in [1.82, 2.24) is 14.9 Å². The first-order valence-corrected chi connectivity index (χ1v) is 6.54. The van der Waals surface area contributed by atoms with Crippen molar-refractivity contribution in [2.24, 2.45) is 0 Å². The van der Waals surface area contributed by atoms with Gasteiger partial charge in [-0.05, 0) is 37.1 Å². The lowest BCUT2D eigenvalue weighted by Crippen LogP contribution is -2.29. The van der Waals surface area contributed by atoms with Crippen LogP contribution in [0, 0.1) is 13.8 Å². The second kappa shape index (κ2) is 6.14. The van der Waals surface area contributed by atoms with E-state index in [-0.39, 0.29) is 13.2 Å². The van der Waals surface area contributed by atoms with Gasteiger partial charge in [-0.15, -0.1) is 0 Å². The number of benzene rings is 1. The summed E-state index contributed by atoms with van der Waals surface area (Å²) in [5, 5.41) is 18.0. The number of aromatic nitrogens is 2. The van der Waals surface area contributed by atoms with Gasteiger partial charge in [-0.1, -0.05) is 0 Å². The molecule has 0 atom stereocenters. The van der Waals surface area contributed by atoms with E-state index in [1.165, 1.54) is 11.1 Å². The maximum absolute atomic E-state index is 9.00. The summed E-state index contributed by atoms with van der Waals surface area (Å²) in [7, 11) is 0. The molecular formula is C14H21N3O2. The summed E-state index contributed by atoms with van der Waals surface area (Å²) in [5.41, 5.74) is 4.47. The molecule has 0 fully saturated rings. The number of aliphatic hydroxyl groups is 2. The van der Waals surface area contributed by atoms with Crippen molar-refractivity contribution in [1.29, 1.82) is 0 Å². The highest BCUT2D eigenvalue weighted by Crippen LogP contribution is 2.17. The summed E-state index contributed by atoms with van der Waals surface area (Å²) in [4.78, 5) is 9.82. The van der Waals surface area contributed by atoms with Crippen LogP contribution in [-0.4, -0.2) is 51.4 Å². The fraction of sp³-hybridized carbons (Fsp3) is 0.500. The molecular weight excluding hydrogens is 242 g/mol. The van der Waals surface area contributed by atoms with Crippen molar-refractivity contribution >= 4 is 11.0 Å². The SMILES string of the molecule is Cc1cc2nc(CN(CCO)CCO)[nH]c2cc1C. The number of nitrogens with zero attached hydrogens (tertiary/aromatic N) is 2. The number of fused-ring (bicyclic) bond motifs is 1. The number of aromatic amines is 1. The van der Waals surface area contributed by atoms with E-state index in [4.69, 9.17) is 10.2 Å². The molecule has 0 spiro atoms. The fourth-order valence-electron chi connectivity index (χ4n) is 2.16. The zero-order chi connectivity index (χ0) is 13.8. The maximum atomic E-state index is 9.00. The minimum Gasteiger partial charge on any atom is -0.395 e. The van der Waals surface area contributed by atoms with Gasteiger partial charge in [-0.25, -0.2) is 4.98 Å². The van der Waals surface area contributed by atoms with Gasteiger partial charge in [0.1, 0.15) is 5.82 Å². The number of hydrogen-bond donors (Lipinski definition) is 3. The quantitative estimate of drug-likeness (QED) is 0.726. The molecule has 1 aromatic heterocycles. The van der Waals surface area contributed by atoms with Crippen molar-refractivity contribution in [3.05, 3.63) is 29.1 Å². The van der Waals surface area contributed by atoms with E-state index in [9.17, 15) is 0 Å². The number of H-pyrrole nitrogens is 1. The van der Waals surface area contributed by atoms with Crippen LogP contribution in [0.2, 0.25) is 0 Å². The first-order valence-electron chi connectivity index (χ1n) is 6.54. The summed E-state index contributed by atoms with van der Waals surface area (Å²) in [6.45, 7) is 6.00. The Hall–Kier alpha value is -1.43. The summed E-state index contributed by atoms with van der Waals surface area (Å²) in [6.07, 6.45) is 0. The molecule has 0 saturated carbocycles. The molecule has 0 aliphatic rings. The zero-order valence-corrected chi connectivity index (χ0v) is 11.5. The van der Waals surface area contributed by atoms with Crippen LogP contribution in [-0.2, 0) is 6.54 Å². The van der Waals surface area contributed by atoms with E-state index in [2.05, 4.69) is 35.9 Å². The average molecular weight is 263 g/mol. The molecule has 19 heavy (non-hydrogen) atoms. The zero-order valence-electron chi connectivity index (χ0n) is 11.5. The summed E-state index contributed by atoms with van der Waals surface area (Å²) in [6, 6.07) is 4.18. The molecule has 0 bridgehead atoms. The number of nitrogens with one attached hydrogen (secondary N) is 1. The standard InChI is InChI=1S/C14H21N3O2/c1-10-7-12-13(8-11(10)2)16-14(15-12)9-17(3-5-18)4-6-19/h7-8,18-19H,3-6,9H2,1-2H3,(H,15,16). The van der Waals surface area contributed by atoms with Crippen molar-refractivity contribution in [2.45, 2.75) is 20.4 Å². The van der Waals surface area contributed by atoms with Gasteiger partial charge in [0.25, 0.3) is 0 Å². The fourth-order valence-corrected chi connectivity index (χ4v) is 2.16. The Morgan fingerprint density at radius 3 is 2.37 bits per heavy atom. The molecule has 0 amide bonds. The van der Waals surface area contributed by atoms with E-state index in [1.807, 2.05) is 4.90 Å². The molecule has 5 nitrogen and oxygen atoms in total. The van der Waals surface area contributed by atoms with E-state index < -0.39 is 0 Å². The van der Waals surface area contributed by atoms with Crippen LogP contribution in [0.5, 0.6) is 0 Å². The van der Waals surface area contributed by atoms with Gasteiger partial charge in [0.15, 0.2) is 0 Å². The number of imidazole rings is 1. The molecule has 0 radical (unpaired) electrons. The number of aryl methyl sites for hydroxylation is 2. The molecule has 5 heteroatoms. The Kier molecular flexibility index (Phi) is 4.52. The van der Waals surface area contributed by atoms with Crippen LogP contribution >= 0.6 is 0 Å². The molecule has 0 unspecified atom stereocenters. The van der Waals surface area contributed by atoms with Gasteiger partial charge in [0.05, 0.1) is 30.8 Å². The molecule has 0 saturated heterocycles. The van der Waals surface area contributed by atoms with E-state index in [0.717, 1.165) is 16.9 Å². The Morgan fingerprint density at radius 2 is 1.74 bits per heavy atom. The van der Waals surface area contributed by atoms with Gasteiger partial charge in [0, 0.05) is 13.1 Å². The van der Waals surface area contributed by atoms with Gasteiger partial charge in [-0.2, -0.15) is 0 Å². The predicted molar refractivity (Wildman–Crippen MR) is 75.0 cm³/mol. The highest BCUT2D eigenvalue weighted by atomic mass is 16.3. The molecule has 3 N–H and O–H groups in total. The Morgan fingerprint density at radius 1 is 1.11 bits per heavy atom. The molecule has 2 aromatic rings. The minimum absolute atomic E-state index is 0.0818. The van der Waals surface area contributed by atoms with Crippen molar-refractivity contribution in [2.75, 3.05) is 26.3 Å². The smallest absolute Gasteiger partial charge is 0.121 e. The summed E-state index contributed by atoms with van der Waals surface area (Å²) in [5.74, 6) is 0.863. The second-order valence-corrected chi connectivity index (χ2v) is 4.86. The second-order valence-electron chi connectivity index (χ2n) is 4.86. The molecule has 0 aliphatic heterocycles. The topological polar surface area (TPSA) is 72.4 Å². The molecule has 1 aromatic carbocycles. The third kappa shape index (κ3) is 3.32. The van der Waals surface area contributed by atoms with E-state index >= 15 is 0 Å². The minimum atomic E-state index is 0.0818. The first-order chi connectivity index (χ1) is 9.13. The van der Waals surface area contributed by atoms with Crippen molar-refractivity contribution in [3.63, 3.8) is 0 Å². The monoisotopic (exact) mass is 263 g/mol. The predicted octanol–water partition coefficient (Wildman–Crippen LogP) is 0.966. The van der Waals surface area contributed by atoms with Crippen LogP contribution in [0.3, 0.4) is 0 Å². The highest BCUT2D eigenvalue weighted by Gasteiger charge is 2.09. The van der Waals surface area contributed by atoms with E-state index in [1.54, 1.807) is 0 Å². The Labute approximate surface area is 112 Å². The van der Waals surface area contributed by atoms with Gasteiger partial charge < -0.3 is 15.2 Å². The van der Waals surface area contributed by atoms with Crippen LogP contribution in [0.1, 0.15) is 17.0 Å². The maximum Gasteiger partial charge on any atom is 0.121 e. The van der Waals surface area contributed by atoms with Crippen LogP contribution < -0.4 is 0 Å². The normalized spacial score (nSPS) is 11.6. The third-order valence-corrected chi connectivity index (χ3v) is 3.35. The lowest BCUT2D eigenvalue weighted by molar-refractivity contribution is 0.154. The first kappa shape index (κ1) is 14.0. The number of rotatable bonds is 6. The lowest BCUT2D eigenvalue weighted by Gasteiger charge is -2.18. The Bertz CT molecular complexity index is 506. The molecule has 1 heterocycles. The molecule has 2 rings (SSSR count). The average Bonchev–Trinajstić information content (AvgIpc) is 2.72. The summed E-state index contributed by atoms with van der Waals surface area (Å²) < 4.78 is 0. The van der Waals surface area contributed by atoms with Gasteiger partial charge in [-0.3, -0.25) is 4.90 Å². The lowest BCUT2D eigenvalue weighted by atomic mass is 10.1. The van der Waals surface area contributed by atoms with Gasteiger partial charge in [0.2, 0.25) is 0 Å². The van der Waals surface area contributed by atoms with E-state index in [0.29, 0.717) is 19.6 Å². The van der Waals surface area contributed by atoms with Crippen LogP contribution in [0.25, 0.3) is 11.0 Å². The van der Waals surface area contributed by atoms with Crippen LogP contribution in [0.4, 0.5) is 0 Å². The summed E-state index contributed by atoms with van der Waals surface area (Å²) >= 11 is 0. The number of hydrogen-bond acceptors (Lipinski definition) is 4. The van der Waals surface area contributed by atoms with Crippen LogP contribution in [0.15, 0.2) is 12.1 Å². The molecule has 0 aliphatic carbocycles. The largest absolute Gasteiger partial charge is 0.395 e. The third-order valence-electron chi connectivity index (χ3n) is 3.35. The van der Waals surface area contributed by atoms with Gasteiger partial charge >= 0.3 is 0 Å². The Balaban J connectivity index is 2.20. The highest BCUT2D eigenvalue weighted by molar-refractivity contribution is 5.77.